The molecule has 0 aromatic heterocycles. The summed E-state index contributed by atoms with van der Waals surface area (Å²) in [5.41, 5.74) is 1.53. The minimum atomic E-state index is -0.603. The lowest BCUT2D eigenvalue weighted by Crippen LogP contribution is -2.34. The van der Waals surface area contributed by atoms with Gasteiger partial charge in [-0.3, -0.25) is 9.79 Å². The second-order valence-corrected chi connectivity index (χ2v) is 7.96. The molecule has 0 bridgehead atoms. The predicted molar refractivity (Wildman–Crippen MR) is 125 cm³/mol. The van der Waals surface area contributed by atoms with E-state index >= 15 is 0 Å². The molecule has 35 heavy (non-hydrogen) atoms. The van der Waals surface area contributed by atoms with Gasteiger partial charge in [0.2, 0.25) is 0 Å². The summed E-state index contributed by atoms with van der Waals surface area (Å²) in [6, 6.07) is 13.2. The number of aliphatic imine (C=N–C) groups is 1. The van der Waals surface area contributed by atoms with E-state index < -0.39 is 36.2 Å². The maximum Gasteiger partial charge on any atom is 0.338 e. The van der Waals surface area contributed by atoms with E-state index in [1.807, 2.05) is 0 Å². The van der Waals surface area contributed by atoms with Crippen LogP contribution in [0.5, 0.6) is 5.75 Å². The number of fused-ring (bicyclic) bond motifs is 1. The summed E-state index contributed by atoms with van der Waals surface area (Å²) in [6.07, 6.45) is -0.530. The molecule has 2 aliphatic rings. The number of ketones is 1. The van der Waals surface area contributed by atoms with Crippen molar-refractivity contribution in [2.45, 2.75) is 18.3 Å². The molecule has 2 fully saturated rings. The number of nitrogens with zero attached hydrogens (tertiary/aromatic N) is 1. The third kappa shape index (κ3) is 5.64. The SMILES string of the molecule is C=CC(=O)OCCOc1ccc(C(=O)[C@H]2COC3C(OC(=O)c4ccc(N=C)cc4)COC32)cc1. The van der Waals surface area contributed by atoms with Crippen LogP contribution in [0, 0.1) is 5.92 Å². The first-order valence-electron chi connectivity index (χ1n) is 11.1. The highest BCUT2D eigenvalue weighted by atomic mass is 16.6. The highest BCUT2D eigenvalue weighted by molar-refractivity contribution is 5.98. The molecular weight excluding hydrogens is 454 g/mol. The minimum absolute atomic E-state index is 0.0917. The maximum atomic E-state index is 13.1. The van der Waals surface area contributed by atoms with Crippen molar-refractivity contribution in [2.75, 3.05) is 26.4 Å². The Kier molecular flexibility index (Phi) is 7.69. The molecule has 0 saturated carbocycles. The monoisotopic (exact) mass is 479 g/mol. The lowest BCUT2D eigenvalue weighted by atomic mass is 9.92. The van der Waals surface area contributed by atoms with Gasteiger partial charge >= 0.3 is 11.9 Å². The van der Waals surface area contributed by atoms with Gasteiger partial charge in [0.25, 0.3) is 0 Å². The number of carbonyl (C=O) groups is 3. The summed E-state index contributed by atoms with van der Waals surface area (Å²) in [5, 5.41) is 0. The molecule has 0 N–H and O–H groups in total. The van der Waals surface area contributed by atoms with Crippen LogP contribution in [-0.2, 0) is 23.7 Å². The topological polar surface area (TPSA) is 110 Å². The third-order valence-electron chi connectivity index (χ3n) is 5.79. The van der Waals surface area contributed by atoms with Crippen LogP contribution in [0.1, 0.15) is 20.7 Å². The Bertz CT molecular complexity index is 1100. The molecule has 2 saturated heterocycles. The van der Waals surface area contributed by atoms with Crippen molar-refractivity contribution in [3.63, 3.8) is 0 Å². The number of rotatable bonds is 10. The second kappa shape index (κ2) is 11.1. The average molecular weight is 479 g/mol. The molecule has 0 aliphatic carbocycles. The third-order valence-corrected chi connectivity index (χ3v) is 5.79. The number of benzene rings is 2. The fourth-order valence-corrected chi connectivity index (χ4v) is 3.99. The normalized spacial score (nSPS) is 22.6. The van der Waals surface area contributed by atoms with Gasteiger partial charge in [0.1, 0.15) is 25.1 Å². The van der Waals surface area contributed by atoms with Gasteiger partial charge in [-0.15, -0.1) is 0 Å². The highest BCUT2D eigenvalue weighted by Gasteiger charge is 2.51. The number of carbonyl (C=O) groups excluding carboxylic acids is 3. The van der Waals surface area contributed by atoms with Crippen molar-refractivity contribution in [3.05, 3.63) is 72.3 Å². The molecule has 0 spiro atoms. The molecule has 2 aromatic carbocycles. The largest absolute Gasteiger partial charge is 0.490 e. The molecule has 9 heteroatoms. The summed E-state index contributed by atoms with van der Waals surface area (Å²) >= 11 is 0. The van der Waals surface area contributed by atoms with Gasteiger partial charge in [-0.1, -0.05) is 6.58 Å². The smallest absolute Gasteiger partial charge is 0.338 e. The number of Topliss-reactive ketones (excluding diaryl/α,β-unsaturated/α-hetero) is 1. The van der Waals surface area contributed by atoms with Gasteiger partial charge in [0, 0.05) is 11.6 Å². The predicted octanol–water partition coefficient (Wildman–Crippen LogP) is 2.95. The fourth-order valence-electron chi connectivity index (χ4n) is 3.99. The van der Waals surface area contributed by atoms with Crippen LogP contribution in [0.2, 0.25) is 0 Å². The minimum Gasteiger partial charge on any atom is -0.490 e. The highest BCUT2D eigenvalue weighted by Crippen LogP contribution is 2.35. The Balaban J connectivity index is 1.30. The van der Waals surface area contributed by atoms with Crippen LogP contribution in [0.15, 0.2) is 66.2 Å². The second-order valence-electron chi connectivity index (χ2n) is 7.96. The Morgan fingerprint density at radius 1 is 0.943 bits per heavy atom. The summed E-state index contributed by atoms with van der Waals surface area (Å²) in [5.74, 6) is -1.10. The number of ether oxygens (including phenoxy) is 5. The van der Waals surface area contributed by atoms with Gasteiger partial charge < -0.3 is 23.7 Å². The van der Waals surface area contributed by atoms with Crippen LogP contribution < -0.4 is 4.74 Å². The van der Waals surface area contributed by atoms with Gasteiger partial charge in [0.05, 0.1) is 36.5 Å². The van der Waals surface area contributed by atoms with Crippen LogP contribution >= 0.6 is 0 Å². The standard InChI is InChI=1S/C26H25NO8/c1-3-22(28)32-13-12-31-19-10-6-16(7-11-19)23(29)20-14-33-25-21(15-34-24(20)25)35-26(30)17-4-8-18(27-2)9-5-17/h3-11,20-21,24-25H,1-2,12-15H2/t20-,21?,24?,25?/m1/s1. The van der Waals surface area contributed by atoms with Crippen molar-refractivity contribution in [1.82, 2.24) is 0 Å². The van der Waals surface area contributed by atoms with Crippen LogP contribution in [-0.4, -0.2) is 69.2 Å². The molecule has 0 amide bonds. The molecular formula is C26H25NO8. The summed E-state index contributed by atoms with van der Waals surface area (Å²) in [6.45, 7) is 7.36. The molecule has 3 unspecified atom stereocenters. The molecule has 2 aliphatic heterocycles. The molecule has 4 atom stereocenters. The van der Waals surface area contributed by atoms with Gasteiger partial charge in [0.15, 0.2) is 11.9 Å². The zero-order chi connectivity index (χ0) is 24.8. The van der Waals surface area contributed by atoms with Crippen molar-refractivity contribution >= 4 is 30.1 Å². The zero-order valence-electron chi connectivity index (χ0n) is 19.0. The van der Waals surface area contributed by atoms with Crippen molar-refractivity contribution in [1.29, 1.82) is 0 Å². The van der Waals surface area contributed by atoms with E-state index in [0.29, 0.717) is 22.6 Å². The summed E-state index contributed by atoms with van der Waals surface area (Å²) in [4.78, 5) is 40.4. The number of hydrogen-bond acceptors (Lipinski definition) is 9. The lowest BCUT2D eigenvalue weighted by molar-refractivity contribution is -0.138. The number of hydrogen-bond donors (Lipinski definition) is 0. The van der Waals surface area contributed by atoms with Crippen LogP contribution in [0.25, 0.3) is 0 Å². The lowest BCUT2D eigenvalue weighted by Gasteiger charge is -2.17. The van der Waals surface area contributed by atoms with Crippen LogP contribution in [0.3, 0.4) is 0 Å². The van der Waals surface area contributed by atoms with E-state index in [-0.39, 0.29) is 32.2 Å². The van der Waals surface area contributed by atoms with E-state index in [9.17, 15) is 14.4 Å². The zero-order valence-corrected chi connectivity index (χ0v) is 19.0. The first kappa shape index (κ1) is 24.3. The van der Waals surface area contributed by atoms with E-state index in [1.54, 1.807) is 48.5 Å². The molecule has 0 radical (unpaired) electrons. The molecule has 9 nitrogen and oxygen atoms in total. The van der Waals surface area contributed by atoms with Gasteiger partial charge in [-0.05, 0) is 55.2 Å². The molecule has 182 valence electrons. The number of esters is 2. The van der Waals surface area contributed by atoms with Crippen LogP contribution in [0.4, 0.5) is 5.69 Å². The molecule has 2 heterocycles. The Hall–Kier alpha value is -3.82. The van der Waals surface area contributed by atoms with E-state index in [2.05, 4.69) is 18.3 Å². The first-order valence-corrected chi connectivity index (χ1v) is 11.1. The Morgan fingerprint density at radius 2 is 1.63 bits per heavy atom. The van der Waals surface area contributed by atoms with E-state index in [4.69, 9.17) is 23.7 Å². The van der Waals surface area contributed by atoms with E-state index in [0.717, 1.165) is 6.08 Å². The summed E-state index contributed by atoms with van der Waals surface area (Å²) in [7, 11) is 0. The Labute approximate surface area is 202 Å². The molecule has 4 rings (SSSR count). The van der Waals surface area contributed by atoms with Gasteiger partial charge in [-0.25, -0.2) is 9.59 Å². The van der Waals surface area contributed by atoms with E-state index in [1.165, 1.54) is 0 Å². The van der Waals surface area contributed by atoms with Crippen molar-refractivity contribution in [2.24, 2.45) is 10.9 Å². The van der Waals surface area contributed by atoms with Crippen molar-refractivity contribution < 1.29 is 38.1 Å². The molecule has 2 aromatic rings. The Morgan fingerprint density at radius 3 is 2.31 bits per heavy atom. The first-order chi connectivity index (χ1) is 17.0. The average Bonchev–Trinajstić information content (AvgIpc) is 3.49. The van der Waals surface area contributed by atoms with Crippen molar-refractivity contribution in [3.8, 4) is 5.75 Å². The fraction of sp³-hybridized carbons (Fsp3) is 0.308. The van der Waals surface area contributed by atoms with Gasteiger partial charge in [-0.2, -0.15) is 0 Å². The maximum absolute atomic E-state index is 13.1. The quantitative estimate of drug-likeness (QED) is 0.168. The summed E-state index contributed by atoms with van der Waals surface area (Å²) < 4.78 is 27.6.